The van der Waals surface area contributed by atoms with Crippen molar-refractivity contribution in [1.29, 1.82) is 0 Å². The molecule has 8 heteroatoms. The fraction of sp³-hybridized carbons (Fsp3) is 0.607. The Morgan fingerprint density at radius 3 is 2.19 bits per heavy atom. The van der Waals surface area contributed by atoms with Gasteiger partial charge in [-0.2, -0.15) is 0 Å². The summed E-state index contributed by atoms with van der Waals surface area (Å²) >= 11 is 1.74. The summed E-state index contributed by atoms with van der Waals surface area (Å²) in [6, 6.07) is 8.48. The average Bonchev–Trinajstić information content (AvgIpc) is 3.02. The van der Waals surface area contributed by atoms with Crippen LogP contribution in [0.25, 0.3) is 0 Å². The van der Waals surface area contributed by atoms with E-state index >= 15 is 0 Å². The van der Waals surface area contributed by atoms with Crippen molar-refractivity contribution in [3.8, 4) is 0 Å². The number of carbonyl (C=O) groups is 3. The molecule has 4 atom stereocenters. The van der Waals surface area contributed by atoms with Gasteiger partial charge in [0.15, 0.2) is 0 Å². The third-order valence-electron chi connectivity index (χ3n) is 6.82. The zero-order valence-corrected chi connectivity index (χ0v) is 24.1. The van der Waals surface area contributed by atoms with E-state index in [-0.39, 0.29) is 33.4 Å². The minimum Gasteiger partial charge on any atom is -0.478 e. The zero-order chi connectivity index (χ0) is 27.6. The van der Waals surface area contributed by atoms with Crippen molar-refractivity contribution >= 4 is 29.5 Å². The zero-order valence-electron chi connectivity index (χ0n) is 23.3. The number of carboxylic acids is 1. The van der Waals surface area contributed by atoms with Gasteiger partial charge in [0, 0.05) is 17.4 Å². The fourth-order valence-electron chi connectivity index (χ4n) is 4.78. The normalized spacial score (nSPS) is 22.2. The summed E-state index contributed by atoms with van der Waals surface area (Å²) < 4.78 is -0.376. The maximum atomic E-state index is 13.8. The second-order valence-electron chi connectivity index (χ2n) is 11.7. The molecule has 36 heavy (non-hydrogen) atoms. The highest BCUT2D eigenvalue weighted by molar-refractivity contribution is 8.01. The maximum absolute atomic E-state index is 13.8. The number of carboxylic acid groups (broad SMARTS) is 1. The van der Waals surface area contributed by atoms with Gasteiger partial charge in [-0.15, -0.1) is 11.8 Å². The van der Waals surface area contributed by atoms with Crippen molar-refractivity contribution in [3.63, 3.8) is 0 Å². The maximum Gasteiger partial charge on any atom is 0.331 e. The molecule has 0 spiro atoms. The number of thioether (sulfide) groups is 1. The van der Waals surface area contributed by atoms with Crippen LogP contribution in [0, 0.1) is 11.3 Å². The number of amides is 2. The monoisotopic (exact) mass is 517 g/mol. The first-order valence-corrected chi connectivity index (χ1v) is 13.3. The predicted molar refractivity (Wildman–Crippen MR) is 147 cm³/mol. The standard InChI is InChI=1S/C28H43N3O4S/c1-17(2)20(16-18(3)26(34)35)30(9)24(33)21(27(4,5)6)29-23(32)22-28(7,8)36-25(31(22)10)19-14-12-11-13-15-19/h11-17,20-22,25H,1-10H3,(H,29,32)(H,34,35)/b18-16+/t20-,21?,22?,25?/m1/s1. The Balaban J connectivity index is 2.34. The van der Waals surface area contributed by atoms with Crippen LogP contribution in [0.15, 0.2) is 42.0 Å². The topological polar surface area (TPSA) is 90.0 Å². The predicted octanol–water partition coefficient (Wildman–Crippen LogP) is 4.56. The van der Waals surface area contributed by atoms with Gasteiger partial charge in [-0.3, -0.25) is 14.5 Å². The van der Waals surface area contributed by atoms with Crippen molar-refractivity contribution in [2.24, 2.45) is 11.3 Å². The number of hydrogen-bond donors (Lipinski definition) is 2. The Labute approximate surface area is 220 Å². The number of nitrogens with one attached hydrogen (secondary N) is 1. The molecule has 0 aliphatic carbocycles. The highest BCUT2D eigenvalue weighted by Crippen LogP contribution is 2.51. The van der Waals surface area contributed by atoms with Crippen LogP contribution in [0.5, 0.6) is 0 Å². The molecule has 2 rings (SSSR count). The molecule has 3 unspecified atom stereocenters. The van der Waals surface area contributed by atoms with Crippen molar-refractivity contribution < 1.29 is 19.5 Å². The molecule has 1 aromatic carbocycles. The van der Waals surface area contributed by atoms with E-state index in [1.165, 1.54) is 6.92 Å². The van der Waals surface area contributed by atoms with Crippen molar-refractivity contribution in [3.05, 3.63) is 47.5 Å². The number of rotatable bonds is 8. The summed E-state index contributed by atoms with van der Waals surface area (Å²) in [6.07, 6.45) is 1.61. The molecule has 200 valence electrons. The van der Waals surface area contributed by atoms with E-state index < -0.39 is 29.5 Å². The Kier molecular flexibility index (Phi) is 9.46. The molecule has 0 aromatic heterocycles. The number of likely N-dealkylation sites (N-methyl/N-ethyl adjacent to an activating group) is 2. The summed E-state index contributed by atoms with van der Waals surface area (Å²) in [5, 5.41) is 12.5. The van der Waals surface area contributed by atoms with Gasteiger partial charge < -0.3 is 15.3 Å². The molecule has 0 saturated carbocycles. The van der Waals surface area contributed by atoms with Crippen LogP contribution in [0.1, 0.15) is 66.3 Å². The Bertz CT molecular complexity index is 984. The number of hydrogen-bond acceptors (Lipinski definition) is 5. The van der Waals surface area contributed by atoms with Gasteiger partial charge in [0.2, 0.25) is 11.8 Å². The fourth-order valence-corrected chi connectivity index (χ4v) is 6.34. The van der Waals surface area contributed by atoms with Crippen LogP contribution >= 0.6 is 11.8 Å². The molecule has 0 bridgehead atoms. The van der Waals surface area contributed by atoms with Gasteiger partial charge >= 0.3 is 5.97 Å². The molecule has 1 saturated heterocycles. The molecule has 0 radical (unpaired) electrons. The molecular formula is C28H43N3O4S. The largest absolute Gasteiger partial charge is 0.478 e. The second-order valence-corrected chi connectivity index (χ2v) is 13.4. The number of carbonyl (C=O) groups excluding carboxylic acids is 2. The molecule has 2 amide bonds. The van der Waals surface area contributed by atoms with Gasteiger partial charge in [-0.25, -0.2) is 4.79 Å². The van der Waals surface area contributed by atoms with Crippen LogP contribution in [0.2, 0.25) is 0 Å². The summed E-state index contributed by atoms with van der Waals surface area (Å²) in [4.78, 5) is 42.6. The summed E-state index contributed by atoms with van der Waals surface area (Å²) in [7, 11) is 3.63. The Morgan fingerprint density at radius 2 is 1.72 bits per heavy atom. The van der Waals surface area contributed by atoms with Crippen LogP contribution in [0.4, 0.5) is 0 Å². The highest BCUT2D eigenvalue weighted by atomic mass is 32.2. The van der Waals surface area contributed by atoms with Gasteiger partial charge in [-0.1, -0.05) is 71.0 Å². The molecular weight excluding hydrogens is 474 g/mol. The second kappa shape index (κ2) is 11.4. The molecule has 1 aliphatic heterocycles. The lowest BCUT2D eigenvalue weighted by atomic mass is 9.84. The van der Waals surface area contributed by atoms with E-state index in [0.717, 1.165) is 5.56 Å². The van der Waals surface area contributed by atoms with E-state index in [2.05, 4.69) is 36.2 Å². The van der Waals surface area contributed by atoms with E-state index in [1.54, 1.807) is 29.8 Å². The molecule has 1 aromatic rings. The highest BCUT2D eigenvalue weighted by Gasteiger charge is 2.51. The van der Waals surface area contributed by atoms with Gasteiger partial charge in [-0.05, 0) is 44.7 Å². The third kappa shape index (κ3) is 6.71. The molecule has 7 nitrogen and oxygen atoms in total. The number of benzene rings is 1. The van der Waals surface area contributed by atoms with E-state index in [0.29, 0.717) is 0 Å². The lowest BCUT2D eigenvalue weighted by Gasteiger charge is -2.39. The van der Waals surface area contributed by atoms with E-state index in [4.69, 9.17) is 0 Å². The summed E-state index contributed by atoms with van der Waals surface area (Å²) in [6.45, 7) is 15.3. The van der Waals surface area contributed by atoms with E-state index in [9.17, 15) is 19.5 Å². The first-order chi connectivity index (χ1) is 16.5. The van der Waals surface area contributed by atoms with Crippen molar-refractivity contribution in [2.45, 2.75) is 83.6 Å². The molecule has 2 N–H and O–H groups in total. The van der Waals surface area contributed by atoms with Gasteiger partial charge in [0.05, 0.1) is 11.4 Å². The Hall–Kier alpha value is -2.32. The smallest absolute Gasteiger partial charge is 0.331 e. The quantitative estimate of drug-likeness (QED) is 0.492. The van der Waals surface area contributed by atoms with Crippen LogP contribution in [-0.4, -0.2) is 69.7 Å². The van der Waals surface area contributed by atoms with Crippen molar-refractivity contribution in [1.82, 2.24) is 15.1 Å². The molecule has 1 heterocycles. The van der Waals surface area contributed by atoms with Crippen LogP contribution in [0.3, 0.4) is 0 Å². The number of aliphatic carboxylic acids is 1. The minimum atomic E-state index is -1.01. The summed E-state index contributed by atoms with van der Waals surface area (Å²) in [5.74, 6) is -1.45. The Morgan fingerprint density at radius 1 is 1.17 bits per heavy atom. The lowest BCUT2D eigenvalue weighted by molar-refractivity contribution is -0.141. The molecule has 1 fully saturated rings. The van der Waals surface area contributed by atoms with Crippen molar-refractivity contribution in [2.75, 3.05) is 14.1 Å². The van der Waals surface area contributed by atoms with E-state index in [1.807, 2.05) is 59.9 Å². The average molecular weight is 518 g/mol. The molecule has 1 aliphatic rings. The lowest BCUT2D eigenvalue weighted by Crippen LogP contribution is -2.60. The number of nitrogens with zero attached hydrogens (tertiary/aromatic N) is 2. The SMILES string of the molecule is C/C(=C\[C@H](C(C)C)N(C)C(=O)C(NC(=O)C1N(C)C(c2ccccc2)SC1(C)C)C(C)(C)C)C(=O)O. The summed E-state index contributed by atoms with van der Waals surface area (Å²) in [5.41, 5.74) is 0.765. The van der Waals surface area contributed by atoms with Crippen LogP contribution < -0.4 is 5.32 Å². The van der Waals surface area contributed by atoms with Gasteiger partial charge in [0.25, 0.3) is 0 Å². The first-order valence-electron chi connectivity index (χ1n) is 12.4. The van der Waals surface area contributed by atoms with Gasteiger partial charge in [0.1, 0.15) is 12.1 Å². The minimum absolute atomic E-state index is 0.00695. The third-order valence-corrected chi connectivity index (χ3v) is 8.48. The first kappa shape index (κ1) is 29.9. The van der Waals surface area contributed by atoms with Crippen LogP contribution in [-0.2, 0) is 14.4 Å².